The second kappa shape index (κ2) is 5.48. The second-order valence-corrected chi connectivity index (χ2v) is 5.31. The molecule has 0 aromatic heterocycles. The van der Waals surface area contributed by atoms with Gasteiger partial charge >= 0.3 is 0 Å². The standard InChI is InChI=1S/C14H10Cl3F/c1-8-2-4-10(18)7-12(8)14(17)11-5-3-9(15)6-13(11)16/h2-7,14H,1H3. The van der Waals surface area contributed by atoms with Crippen LogP contribution in [0.4, 0.5) is 4.39 Å². The molecule has 1 unspecified atom stereocenters. The highest BCUT2D eigenvalue weighted by Gasteiger charge is 2.17. The van der Waals surface area contributed by atoms with Crippen LogP contribution in [0.5, 0.6) is 0 Å². The van der Waals surface area contributed by atoms with Crippen molar-refractivity contribution in [2.24, 2.45) is 0 Å². The summed E-state index contributed by atoms with van der Waals surface area (Å²) in [6.07, 6.45) is 0. The van der Waals surface area contributed by atoms with Crippen LogP contribution in [0.1, 0.15) is 22.1 Å². The Kier molecular flexibility index (Phi) is 4.16. The van der Waals surface area contributed by atoms with Crippen molar-refractivity contribution in [1.29, 1.82) is 0 Å². The van der Waals surface area contributed by atoms with Crippen LogP contribution in [0, 0.1) is 12.7 Å². The summed E-state index contributed by atoms with van der Waals surface area (Å²) in [7, 11) is 0. The monoisotopic (exact) mass is 302 g/mol. The molecule has 94 valence electrons. The van der Waals surface area contributed by atoms with Crippen LogP contribution in [-0.4, -0.2) is 0 Å². The van der Waals surface area contributed by atoms with Gasteiger partial charge in [0.15, 0.2) is 0 Å². The van der Waals surface area contributed by atoms with Gasteiger partial charge in [-0.05, 0) is 47.9 Å². The third kappa shape index (κ3) is 2.80. The molecule has 0 bridgehead atoms. The first-order valence-corrected chi connectivity index (χ1v) is 6.53. The van der Waals surface area contributed by atoms with Gasteiger partial charge < -0.3 is 0 Å². The Hall–Kier alpha value is -0.760. The van der Waals surface area contributed by atoms with Crippen molar-refractivity contribution < 1.29 is 4.39 Å². The molecule has 2 aromatic carbocycles. The van der Waals surface area contributed by atoms with Crippen LogP contribution in [-0.2, 0) is 0 Å². The van der Waals surface area contributed by atoms with E-state index in [-0.39, 0.29) is 5.82 Å². The van der Waals surface area contributed by atoms with Crippen LogP contribution >= 0.6 is 34.8 Å². The Balaban J connectivity index is 2.47. The molecule has 2 rings (SSSR count). The average Bonchev–Trinajstić information content (AvgIpc) is 2.31. The quantitative estimate of drug-likeness (QED) is 0.618. The summed E-state index contributed by atoms with van der Waals surface area (Å²) in [5, 5.41) is 0.528. The van der Waals surface area contributed by atoms with Gasteiger partial charge in [0, 0.05) is 10.0 Å². The normalized spacial score (nSPS) is 12.5. The third-order valence-corrected chi connectivity index (χ3v) is 3.78. The van der Waals surface area contributed by atoms with Crippen LogP contribution < -0.4 is 0 Å². The van der Waals surface area contributed by atoms with Gasteiger partial charge in [0.05, 0.1) is 5.38 Å². The number of aryl methyl sites for hydroxylation is 1. The fraction of sp³-hybridized carbons (Fsp3) is 0.143. The summed E-state index contributed by atoms with van der Waals surface area (Å²) >= 11 is 18.3. The largest absolute Gasteiger partial charge is 0.207 e. The predicted octanol–water partition coefficient (Wildman–Crippen LogP) is 5.77. The molecule has 0 aliphatic rings. The Morgan fingerprint density at radius 2 is 1.72 bits per heavy atom. The first-order valence-electron chi connectivity index (χ1n) is 5.34. The topological polar surface area (TPSA) is 0 Å². The first kappa shape index (κ1) is 13.7. The molecule has 0 heterocycles. The maximum atomic E-state index is 13.3. The third-order valence-electron chi connectivity index (χ3n) is 2.75. The van der Waals surface area contributed by atoms with Crippen molar-refractivity contribution in [2.45, 2.75) is 12.3 Å². The molecule has 0 radical (unpaired) electrons. The number of rotatable bonds is 2. The van der Waals surface area contributed by atoms with E-state index in [2.05, 4.69) is 0 Å². The molecule has 0 saturated carbocycles. The number of hydrogen-bond acceptors (Lipinski definition) is 0. The van der Waals surface area contributed by atoms with Gasteiger partial charge in [0.1, 0.15) is 5.82 Å². The molecule has 0 aliphatic carbocycles. The van der Waals surface area contributed by atoms with Crippen molar-refractivity contribution in [1.82, 2.24) is 0 Å². The predicted molar refractivity (Wildman–Crippen MR) is 75.3 cm³/mol. The molecular formula is C14H10Cl3F. The summed E-state index contributed by atoms with van der Waals surface area (Å²) < 4.78 is 13.3. The van der Waals surface area contributed by atoms with Crippen molar-refractivity contribution in [3.05, 3.63) is 69.0 Å². The molecule has 0 amide bonds. The van der Waals surface area contributed by atoms with Crippen molar-refractivity contribution in [2.75, 3.05) is 0 Å². The molecule has 0 fully saturated rings. The molecule has 0 N–H and O–H groups in total. The van der Waals surface area contributed by atoms with E-state index in [0.717, 1.165) is 11.1 Å². The molecule has 0 spiro atoms. The maximum absolute atomic E-state index is 13.3. The Labute approximate surface area is 120 Å². The zero-order valence-corrected chi connectivity index (χ0v) is 11.8. The van der Waals surface area contributed by atoms with Crippen LogP contribution in [0.15, 0.2) is 36.4 Å². The molecule has 18 heavy (non-hydrogen) atoms. The molecule has 0 aliphatic heterocycles. The minimum atomic E-state index is -0.495. The van der Waals surface area contributed by atoms with E-state index in [1.807, 2.05) is 6.92 Å². The smallest absolute Gasteiger partial charge is 0.123 e. The molecule has 1 atom stereocenters. The van der Waals surface area contributed by atoms with E-state index in [1.54, 1.807) is 24.3 Å². The van der Waals surface area contributed by atoms with Gasteiger partial charge in [-0.3, -0.25) is 0 Å². The zero-order valence-electron chi connectivity index (χ0n) is 9.55. The van der Waals surface area contributed by atoms with Crippen LogP contribution in [0.25, 0.3) is 0 Å². The SMILES string of the molecule is Cc1ccc(F)cc1C(Cl)c1ccc(Cl)cc1Cl. The van der Waals surface area contributed by atoms with Gasteiger partial charge in [0.25, 0.3) is 0 Å². The Morgan fingerprint density at radius 3 is 2.39 bits per heavy atom. The highest BCUT2D eigenvalue weighted by Crippen LogP contribution is 2.36. The molecule has 0 saturated heterocycles. The number of benzene rings is 2. The lowest BCUT2D eigenvalue weighted by Gasteiger charge is -2.15. The Bertz CT molecular complexity index is 581. The van der Waals surface area contributed by atoms with Crippen molar-refractivity contribution in [3.63, 3.8) is 0 Å². The van der Waals surface area contributed by atoms with Gasteiger partial charge in [-0.1, -0.05) is 35.3 Å². The molecule has 4 heteroatoms. The minimum absolute atomic E-state index is 0.314. The van der Waals surface area contributed by atoms with Crippen LogP contribution in [0.2, 0.25) is 10.0 Å². The fourth-order valence-corrected chi connectivity index (χ4v) is 2.76. The van der Waals surface area contributed by atoms with E-state index in [9.17, 15) is 4.39 Å². The van der Waals surface area contributed by atoms with Gasteiger partial charge in [0.2, 0.25) is 0 Å². The average molecular weight is 304 g/mol. The van der Waals surface area contributed by atoms with Gasteiger partial charge in [-0.25, -0.2) is 4.39 Å². The number of halogens is 4. The fourth-order valence-electron chi connectivity index (χ4n) is 1.76. The first-order chi connectivity index (χ1) is 8.49. The molecule has 0 nitrogen and oxygen atoms in total. The van der Waals surface area contributed by atoms with Crippen molar-refractivity contribution in [3.8, 4) is 0 Å². The van der Waals surface area contributed by atoms with E-state index in [1.165, 1.54) is 12.1 Å². The lowest BCUT2D eigenvalue weighted by Crippen LogP contribution is -1.98. The molecule has 2 aromatic rings. The van der Waals surface area contributed by atoms with Gasteiger partial charge in [-0.2, -0.15) is 0 Å². The molecular weight excluding hydrogens is 294 g/mol. The Morgan fingerprint density at radius 1 is 1.00 bits per heavy atom. The van der Waals surface area contributed by atoms with E-state index in [0.29, 0.717) is 15.6 Å². The number of alkyl halides is 1. The summed E-state index contributed by atoms with van der Waals surface area (Å²) in [5.74, 6) is -0.314. The van der Waals surface area contributed by atoms with Crippen LogP contribution in [0.3, 0.4) is 0 Å². The minimum Gasteiger partial charge on any atom is -0.207 e. The van der Waals surface area contributed by atoms with Crippen molar-refractivity contribution >= 4 is 34.8 Å². The van der Waals surface area contributed by atoms with E-state index >= 15 is 0 Å². The highest BCUT2D eigenvalue weighted by atomic mass is 35.5. The lowest BCUT2D eigenvalue weighted by atomic mass is 10.00. The maximum Gasteiger partial charge on any atom is 0.123 e. The second-order valence-electron chi connectivity index (χ2n) is 4.03. The number of hydrogen-bond donors (Lipinski definition) is 0. The summed E-state index contributed by atoms with van der Waals surface area (Å²) in [6, 6.07) is 9.63. The van der Waals surface area contributed by atoms with E-state index in [4.69, 9.17) is 34.8 Å². The summed E-state index contributed by atoms with van der Waals surface area (Å²) in [6.45, 7) is 1.88. The summed E-state index contributed by atoms with van der Waals surface area (Å²) in [5.41, 5.74) is 2.35. The highest BCUT2D eigenvalue weighted by molar-refractivity contribution is 6.36. The van der Waals surface area contributed by atoms with Gasteiger partial charge in [-0.15, -0.1) is 11.6 Å². The van der Waals surface area contributed by atoms with E-state index < -0.39 is 5.38 Å². The summed E-state index contributed by atoms with van der Waals surface area (Å²) in [4.78, 5) is 0. The lowest BCUT2D eigenvalue weighted by molar-refractivity contribution is 0.625. The zero-order chi connectivity index (χ0) is 13.3.